The number of rotatable bonds is 4. The summed E-state index contributed by atoms with van der Waals surface area (Å²) in [6, 6.07) is 0.568. The number of nitrogens with one attached hydrogen (secondary N) is 2. The third-order valence-corrected chi connectivity index (χ3v) is 4.33. The maximum Gasteiger partial charge on any atom is 0.328 e. The minimum Gasteiger partial charge on any atom is -0.312 e. The number of aromatic amines is 1. The third kappa shape index (κ3) is 4.04. The zero-order valence-electron chi connectivity index (χ0n) is 11.1. The Bertz CT molecular complexity index is 529. The lowest BCUT2D eigenvalue weighted by atomic mass is 9.87. The smallest absolute Gasteiger partial charge is 0.312 e. The Kier molecular flexibility index (Phi) is 4.99. The molecular weight excluding hydrogens is 310 g/mol. The molecule has 0 aromatic carbocycles. The van der Waals surface area contributed by atoms with Gasteiger partial charge in [0.05, 0.1) is 4.47 Å². The molecule has 1 aliphatic rings. The Labute approximate surface area is 120 Å². The number of hydrogen-bond donors (Lipinski definition) is 2. The molecule has 0 unspecified atom stereocenters. The molecule has 0 radical (unpaired) electrons. The first-order valence-corrected chi connectivity index (χ1v) is 7.58. The van der Waals surface area contributed by atoms with Crippen molar-refractivity contribution in [3.63, 3.8) is 0 Å². The molecule has 2 N–H and O–H groups in total. The van der Waals surface area contributed by atoms with Crippen molar-refractivity contribution in [2.24, 2.45) is 5.92 Å². The highest BCUT2D eigenvalue weighted by Crippen LogP contribution is 2.23. The van der Waals surface area contributed by atoms with Gasteiger partial charge >= 0.3 is 5.69 Å². The highest BCUT2D eigenvalue weighted by Gasteiger charge is 2.17. The Morgan fingerprint density at radius 2 is 2.05 bits per heavy atom. The van der Waals surface area contributed by atoms with Crippen molar-refractivity contribution in [1.82, 2.24) is 14.9 Å². The summed E-state index contributed by atoms with van der Waals surface area (Å²) in [6.07, 6.45) is 6.53. The van der Waals surface area contributed by atoms with Gasteiger partial charge in [0.1, 0.15) is 0 Å². The molecule has 1 saturated carbocycles. The molecule has 1 aromatic rings. The van der Waals surface area contributed by atoms with Crippen LogP contribution in [0.25, 0.3) is 0 Å². The average molecular weight is 330 g/mol. The van der Waals surface area contributed by atoms with Gasteiger partial charge in [0.25, 0.3) is 5.56 Å². The van der Waals surface area contributed by atoms with Crippen molar-refractivity contribution >= 4 is 15.9 Å². The molecule has 1 fully saturated rings. The van der Waals surface area contributed by atoms with E-state index in [1.807, 2.05) is 0 Å². The van der Waals surface area contributed by atoms with Crippen LogP contribution in [-0.4, -0.2) is 22.1 Å². The molecule has 5 nitrogen and oxygen atoms in total. The lowest BCUT2D eigenvalue weighted by Gasteiger charge is -2.27. The highest BCUT2D eigenvalue weighted by atomic mass is 79.9. The molecule has 2 rings (SSSR count). The van der Waals surface area contributed by atoms with Gasteiger partial charge in [-0.3, -0.25) is 14.3 Å². The quantitative estimate of drug-likeness (QED) is 0.879. The number of halogens is 1. The predicted octanol–water partition coefficient (Wildman–Crippen LogP) is 1.47. The number of aromatic nitrogens is 2. The van der Waals surface area contributed by atoms with Crippen molar-refractivity contribution in [2.45, 2.75) is 45.2 Å². The van der Waals surface area contributed by atoms with E-state index in [0.717, 1.165) is 12.5 Å². The second kappa shape index (κ2) is 6.52. The summed E-state index contributed by atoms with van der Waals surface area (Å²) < 4.78 is 1.91. The molecule has 1 aliphatic carbocycles. The largest absolute Gasteiger partial charge is 0.328 e. The molecule has 0 bridgehead atoms. The Morgan fingerprint density at radius 1 is 1.37 bits per heavy atom. The van der Waals surface area contributed by atoms with Crippen LogP contribution in [0.3, 0.4) is 0 Å². The van der Waals surface area contributed by atoms with Crippen molar-refractivity contribution in [3.8, 4) is 0 Å². The van der Waals surface area contributed by atoms with Crippen LogP contribution in [0.1, 0.15) is 32.6 Å². The van der Waals surface area contributed by atoms with Crippen molar-refractivity contribution < 1.29 is 0 Å². The van der Waals surface area contributed by atoms with E-state index in [-0.39, 0.29) is 11.2 Å². The zero-order valence-corrected chi connectivity index (χ0v) is 12.7. The fraction of sp³-hybridized carbons (Fsp3) is 0.692. The fourth-order valence-electron chi connectivity index (χ4n) is 2.50. The van der Waals surface area contributed by atoms with E-state index in [1.54, 1.807) is 6.20 Å². The van der Waals surface area contributed by atoms with Gasteiger partial charge in [0.15, 0.2) is 0 Å². The average Bonchev–Trinajstić information content (AvgIpc) is 2.38. The van der Waals surface area contributed by atoms with Crippen LogP contribution in [0.2, 0.25) is 0 Å². The van der Waals surface area contributed by atoms with Crippen molar-refractivity contribution in [3.05, 3.63) is 31.5 Å². The summed E-state index contributed by atoms with van der Waals surface area (Å²) in [5, 5.41) is 3.48. The molecule has 106 valence electrons. The summed E-state index contributed by atoms with van der Waals surface area (Å²) in [5.41, 5.74) is -0.734. The Balaban J connectivity index is 1.84. The van der Waals surface area contributed by atoms with Gasteiger partial charge in [-0.2, -0.15) is 0 Å². The van der Waals surface area contributed by atoms with E-state index in [4.69, 9.17) is 0 Å². The molecule has 19 heavy (non-hydrogen) atoms. The van der Waals surface area contributed by atoms with E-state index in [2.05, 4.69) is 33.2 Å². The van der Waals surface area contributed by atoms with Crippen LogP contribution in [-0.2, 0) is 6.54 Å². The maximum atomic E-state index is 11.6. The summed E-state index contributed by atoms with van der Waals surface area (Å²) in [6.45, 7) is 3.62. The second-order valence-corrected chi connectivity index (χ2v) is 6.19. The Hall–Kier alpha value is -0.880. The highest BCUT2D eigenvalue weighted by molar-refractivity contribution is 9.10. The van der Waals surface area contributed by atoms with E-state index in [1.165, 1.54) is 30.3 Å². The second-order valence-electron chi connectivity index (χ2n) is 5.34. The van der Waals surface area contributed by atoms with Gasteiger partial charge in [-0.1, -0.05) is 6.92 Å². The first-order valence-electron chi connectivity index (χ1n) is 6.79. The van der Waals surface area contributed by atoms with Gasteiger partial charge in [-0.25, -0.2) is 4.79 Å². The molecular formula is C13H20BrN3O2. The SMILES string of the molecule is CC1CCC(NCCn2cc(Br)c(=O)[nH]c2=O)CC1. The van der Waals surface area contributed by atoms with Gasteiger partial charge in [0.2, 0.25) is 0 Å². The van der Waals surface area contributed by atoms with Crippen LogP contribution >= 0.6 is 15.9 Å². The van der Waals surface area contributed by atoms with Crippen LogP contribution < -0.4 is 16.6 Å². The van der Waals surface area contributed by atoms with Crippen molar-refractivity contribution in [2.75, 3.05) is 6.54 Å². The van der Waals surface area contributed by atoms with Gasteiger partial charge in [-0.05, 0) is 47.5 Å². The number of nitrogens with zero attached hydrogens (tertiary/aromatic N) is 1. The van der Waals surface area contributed by atoms with Crippen LogP contribution in [0.4, 0.5) is 0 Å². The van der Waals surface area contributed by atoms with Crippen LogP contribution in [0.15, 0.2) is 20.3 Å². The topological polar surface area (TPSA) is 66.9 Å². The summed E-state index contributed by atoms with van der Waals surface area (Å²) >= 11 is 3.13. The fourth-order valence-corrected chi connectivity index (χ4v) is 2.85. The van der Waals surface area contributed by atoms with Crippen molar-refractivity contribution in [1.29, 1.82) is 0 Å². The summed E-state index contributed by atoms with van der Waals surface area (Å²) in [7, 11) is 0. The first kappa shape index (κ1) is 14.5. The standard InChI is InChI=1S/C13H20BrN3O2/c1-9-2-4-10(5-3-9)15-6-7-17-8-11(14)12(18)16-13(17)19/h8-10,15H,2-7H2,1H3,(H,16,18,19). The van der Waals surface area contributed by atoms with Gasteiger partial charge in [0, 0.05) is 25.3 Å². The van der Waals surface area contributed by atoms with Gasteiger partial charge in [-0.15, -0.1) is 0 Å². The van der Waals surface area contributed by atoms with Crippen LogP contribution in [0.5, 0.6) is 0 Å². The normalized spacial score (nSPS) is 23.5. The molecule has 0 aliphatic heterocycles. The summed E-state index contributed by atoms with van der Waals surface area (Å²) in [5.74, 6) is 0.843. The monoisotopic (exact) mass is 329 g/mol. The lowest BCUT2D eigenvalue weighted by molar-refractivity contribution is 0.304. The van der Waals surface area contributed by atoms with E-state index < -0.39 is 0 Å². The minimum absolute atomic E-state index is 0.354. The van der Waals surface area contributed by atoms with E-state index in [9.17, 15) is 9.59 Å². The first-order chi connectivity index (χ1) is 9.06. The maximum absolute atomic E-state index is 11.6. The molecule has 0 saturated heterocycles. The molecule has 1 aromatic heterocycles. The summed E-state index contributed by atoms with van der Waals surface area (Å²) in [4.78, 5) is 25.1. The number of hydrogen-bond acceptors (Lipinski definition) is 3. The molecule has 1 heterocycles. The predicted molar refractivity (Wildman–Crippen MR) is 78.4 cm³/mol. The molecule has 0 atom stereocenters. The van der Waals surface area contributed by atoms with E-state index >= 15 is 0 Å². The zero-order chi connectivity index (χ0) is 13.8. The third-order valence-electron chi connectivity index (χ3n) is 3.77. The lowest BCUT2D eigenvalue weighted by Crippen LogP contribution is -2.37. The molecule has 0 amide bonds. The minimum atomic E-state index is -0.379. The molecule has 6 heteroatoms. The van der Waals surface area contributed by atoms with Crippen LogP contribution in [0, 0.1) is 5.92 Å². The Morgan fingerprint density at radius 3 is 2.74 bits per heavy atom. The molecule has 0 spiro atoms. The van der Waals surface area contributed by atoms with E-state index in [0.29, 0.717) is 17.1 Å². The number of H-pyrrole nitrogens is 1. The van der Waals surface area contributed by atoms with Gasteiger partial charge < -0.3 is 5.32 Å².